The fraction of sp³-hybridized carbons (Fsp3) is 0.429. The van der Waals surface area contributed by atoms with Gasteiger partial charge >= 0.3 is 5.97 Å². The van der Waals surface area contributed by atoms with Gasteiger partial charge in [-0.15, -0.1) is 0 Å². The van der Waals surface area contributed by atoms with Crippen molar-refractivity contribution in [2.24, 2.45) is 0 Å². The summed E-state index contributed by atoms with van der Waals surface area (Å²) in [5.41, 5.74) is -1.08. The van der Waals surface area contributed by atoms with E-state index in [4.69, 9.17) is 8.94 Å². The van der Waals surface area contributed by atoms with E-state index in [1.54, 1.807) is 26.0 Å². The van der Waals surface area contributed by atoms with Crippen LogP contribution in [0.4, 0.5) is 0 Å². The number of hydrogen-bond donors (Lipinski definition) is 1. The second-order valence-electron chi connectivity index (χ2n) is 5.15. The van der Waals surface area contributed by atoms with Crippen LogP contribution >= 0.6 is 0 Å². The normalized spacial score (nSPS) is 11.2. The van der Waals surface area contributed by atoms with E-state index in [9.17, 15) is 9.59 Å². The van der Waals surface area contributed by atoms with Crippen LogP contribution in [-0.4, -0.2) is 34.7 Å². The number of hydrogen-bond acceptors (Lipinski definition) is 7. The molecule has 8 heteroatoms. The molecule has 0 fully saturated rings. The predicted octanol–water partition coefficient (Wildman–Crippen LogP) is 1.33. The zero-order valence-corrected chi connectivity index (χ0v) is 12.6. The number of esters is 1. The minimum Gasteiger partial charge on any atom is -0.467 e. The van der Waals surface area contributed by atoms with Crippen molar-refractivity contribution >= 4 is 11.9 Å². The van der Waals surface area contributed by atoms with E-state index in [2.05, 4.69) is 20.2 Å². The van der Waals surface area contributed by atoms with Crippen LogP contribution in [0.3, 0.4) is 0 Å². The fourth-order valence-electron chi connectivity index (χ4n) is 1.80. The molecule has 118 valence electrons. The number of aromatic nitrogens is 2. The number of aryl methyl sites for hydroxylation is 1. The third kappa shape index (κ3) is 3.72. The van der Waals surface area contributed by atoms with Crippen LogP contribution in [0.25, 0.3) is 11.6 Å². The minimum absolute atomic E-state index is 0.111. The first-order valence-electron chi connectivity index (χ1n) is 6.68. The molecule has 22 heavy (non-hydrogen) atoms. The van der Waals surface area contributed by atoms with Crippen LogP contribution in [-0.2, 0) is 20.7 Å². The van der Waals surface area contributed by atoms with E-state index < -0.39 is 11.5 Å². The molecule has 0 bridgehead atoms. The molecular weight excluding hydrogens is 290 g/mol. The van der Waals surface area contributed by atoms with Crippen LogP contribution in [0.1, 0.15) is 26.2 Å². The van der Waals surface area contributed by atoms with Gasteiger partial charge in [-0.1, -0.05) is 5.16 Å². The van der Waals surface area contributed by atoms with Crippen LogP contribution in [0.15, 0.2) is 27.3 Å². The highest BCUT2D eigenvalue weighted by Gasteiger charge is 2.30. The molecule has 1 N–H and O–H groups in total. The third-order valence-corrected chi connectivity index (χ3v) is 2.92. The molecule has 0 saturated carbocycles. The van der Waals surface area contributed by atoms with Gasteiger partial charge in [-0.05, 0) is 26.0 Å². The van der Waals surface area contributed by atoms with Gasteiger partial charge in [0, 0.05) is 12.8 Å². The summed E-state index contributed by atoms with van der Waals surface area (Å²) in [4.78, 5) is 27.5. The molecule has 1 amide bonds. The maximum Gasteiger partial charge on any atom is 0.330 e. The number of methoxy groups -OCH3 is 1. The standard InChI is InChI=1S/C14H17N3O5/c1-14(2,13(19)20-3)16-10(18)6-7-11-15-12(17-22-11)9-5-4-8-21-9/h4-5,8H,6-7H2,1-3H3,(H,16,18). The lowest BCUT2D eigenvalue weighted by Gasteiger charge is -2.22. The molecular formula is C14H17N3O5. The summed E-state index contributed by atoms with van der Waals surface area (Å²) in [6, 6.07) is 3.42. The molecule has 0 radical (unpaired) electrons. The van der Waals surface area contributed by atoms with E-state index in [1.165, 1.54) is 13.4 Å². The SMILES string of the molecule is COC(=O)C(C)(C)NC(=O)CCc1nc(-c2ccco2)no1. The summed E-state index contributed by atoms with van der Waals surface area (Å²) < 4.78 is 14.8. The van der Waals surface area contributed by atoms with Crippen molar-refractivity contribution < 1.29 is 23.3 Å². The molecule has 2 aromatic rings. The Morgan fingerprint density at radius 1 is 1.41 bits per heavy atom. The first kappa shape index (κ1) is 15.7. The van der Waals surface area contributed by atoms with Crippen LogP contribution < -0.4 is 5.32 Å². The number of carbonyl (C=O) groups excluding carboxylic acids is 2. The lowest BCUT2D eigenvalue weighted by molar-refractivity contribution is -0.149. The molecule has 0 aliphatic heterocycles. The molecule has 2 heterocycles. The maximum atomic E-state index is 11.9. The summed E-state index contributed by atoms with van der Waals surface area (Å²) in [5.74, 6) is 0.311. The van der Waals surface area contributed by atoms with Gasteiger partial charge in [0.1, 0.15) is 5.54 Å². The van der Waals surface area contributed by atoms with Crippen molar-refractivity contribution in [3.63, 3.8) is 0 Å². The highest BCUT2D eigenvalue weighted by molar-refractivity contribution is 5.87. The van der Waals surface area contributed by atoms with Gasteiger partial charge in [-0.25, -0.2) is 4.79 Å². The van der Waals surface area contributed by atoms with Crippen molar-refractivity contribution in [2.75, 3.05) is 7.11 Å². The third-order valence-electron chi connectivity index (χ3n) is 2.92. The molecule has 0 saturated heterocycles. The summed E-state index contributed by atoms with van der Waals surface area (Å²) in [7, 11) is 1.27. The Bertz CT molecular complexity index is 645. The second kappa shape index (κ2) is 6.42. The lowest BCUT2D eigenvalue weighted by atomic mass is 10.1. The zero-order valence-electron chi connectivity index (χ0n) is 12.6. The van der Waals surface area contributed by atoms with Crippen molar-refractivity contribution in [2.45, 2.75) is 32.2 Å². The Morgan fingerprint density at radius 2 is 2.18 bits per heavy atom. The summed E-state index contributed by atoms with van der Waals surface area (Å²) in [5, 5.41) is 6.36. The average Bonchev–Trinajstić information content (AvgIpc) is 3.14. The van der Waals surface area contributed by atoms with Gasteiger partial charge in [-0.2, -0.15) is 4.98 Å². The quantitative estimate of drug-likeness (QED) is 0.802. The Morgan fingerprint density at radius 3 is 2.82 bits per heavy atom. The number of ether oxygens (including phenoxy) is 1. The number of furan rings is 1. The van der Waals surface area contributed by atoms with E-state index in [-0.39, 0.29) is 18.7 Å². The molecule has 0 unspecified atom stereocenters. The minimum atomic E-state index is -1.08. The van der Waals surface area contributed by atoms with E-state index in [0.29, 0.717) is 17.5 Å². The smallest absolute Gasteiger partial charge is 0.330 e. The van der Waals surface area contributed by atoms with Crippen molar-refractivity contribution in [1.29, 1.82) is 0 Å². The monoisotopic (exact) mass is 307 g/mol. The molecule has 0 spiro atoms. The largest absolute Gasteiger partial charge is 0.467 e. The zero-order chi connectivity index (χ0) is 16.2. The first-order valence-corrected chi connectivity index (χ1v) is 6.68. The fourth-order valence-corrected chi connectivity index (χ4v) is 1.80. The molecule has 0 aliphatic rings. The van der Waals surface area contributed by atoms with E-state index >= 15 is 0 Å². The second-order valence-corrected chi connectivity index (χ2v) is 5.15. The van der Waals surface area contributed by atoms with Crippen LogP contribution in [0, 0.1) is 0 Å². The Labute approximate surface area is 126 Å². The Kier molecular flexibility index (Phi) is 4.59. The topological polar surface area (TPSA) is 107 Å². The summed E-state index contributed by atoms with van der Waals surface area (Å²) in [6.07, 6.45) is 1.88. The maximum absolute atomic E-state index is 11.9. The molecule has 0 atom stereocenters. The lowest BCUT2D eigenvalue weighted by Crippen LogP contribution is -2.50. The van der Waals surface area contributed by atoms with E-state index in [0.717, 1.165) is 0 Å². The van der Waals surface area contributed by atoms with Crippen LogP contribution in [0.5, 0.6) is 0 Å². The summed E-state index contributed by atoms with van der Waals surface area (Å²) >= 11 is 0. The van der Waals surface area contributed by atoms with Gasteiger partial charge in [0.2, 0.25) is 17.6 Å². The Hall–Kier alpha value is -2.64. The van der Waals surface area contributed by atoms with Gasteiger partial charge in [0.05, 0.1) is 13.4 Å². The van der Waals surface area contributed by atoms with Gasteiger partial charge < -0.3 is 19.0 Å². The number of rotatable bonds is 6. The van der Waals surface area contributed by atoms with Gasteiger partial charge in [-0.3, -0.25) is 4.79 Å². The van der Waals surface area contributed by atoms with Crippen molar-refractivity contribution in [3.05, 3.63) is 24.3 Å². The number of nitrogens with zero attached hydrogens (tertiary/aromatic N) is 2. The van der Waals surface area contributed by atoms with Crippen molar-refractivity contribution in [3.8, 4) is 11.6 Å². The molecule has 2 rings (SSSR count). The summed E-state index contributed by atoms with van der Waals surface area (Å²) in [6.45, 7) is 3.14. The van der Waals surface area contributed by atoms with Crippen molar-refractivity contribution in [1.82, 2.24) is 15.5 Å². The Balaban J connectivity index is 1.88. The average molecular weight is 307 g/mol. The molecule has 2 aromatic heterocycles. The van der Waals surface area contributed by atoms with Gasteiger partial charge in [0.25, 0.3) is 0 Å². The highest BCUT2D eigenvalue weighted by atomic mass is 16.5. The first-order chi connectivity index (χ1) is 10.4. The number of carbonyl (C=O) groups is 2. The molecule has 0 aromatic carbocycles. The van der Waals surface area contributed by atoms with Gasteiger partial charge in [0.15, 0.2) is 5.76 Å². The predicted molar refractivity (Wildman–Crippen MR) is 74.6 cm³/mol. The highest BCUT2D eigenvalue weighted by Crippen LogP contribution is 2.16. The number of amides is 1. The van der Waals surface area contributed by atoms with E-state index in [1.807, 2.05) is 0 Å². The molecule has 0 aliphatic carbocycles. The molecule has 8 nitrogen and oxygen atoms in total. The number of nitrogens with one attached hydrogen (secondary N) is 1. The van der Waals surface area contributed by atoms with Crippen LogP contribution in [0.2, 0.25) is 0 Å².